The number of H-pyrrole nitrogens is 1. The molecular formula is C10H15N4+. The largest absolute Gasteiger partial charge is 0.399 e. The van der Waals surface area contributed by atoms with Crippen LogP contribution in [0.15, 0.2) is 18.2 Å². The number of anilines is 1. The molecular weight excluding hydrogens is 176 g/mol. The number of hydrogen-bond donors (Lipinski definition) is 2. The number of nitrogens with zero attached hydrogens (tertiary/aromatic N) is 2. The molecule has 0 aliphatic carbocycles. The van der Waals surface area contributed by atoms with Crippen LogP contribution in [0.4, 0.5) is 11.5 Å². The lowest BCUT2D eigenvalue weighted by atomic mass is 10.2. The molecule has 0 unspecified atom stereocenters. The minimum atomic E-state index is 0.723. The van der Waals surface area contributed by atoms with Crippen molar-refractivity contribution in [2.24, 2.45) is 0 Å². The van der Waals surface area contributed by atoms with Crippen molar-refractivity contribution in [2.45, 2.75) is 0 Å². The molecule has 1 aromatic carbocycles. The average molecular weight is 191 g/mol. The van der Waals surface area contributed by atoms with Crippen LogP contribution < -0.4 is 10.2 Å². The van der Waals surface area contributed by atoms with Gasteiger partial charge in [0.15, 0.2) is 0 Å². The number of aromatic nitrogens is 2. The molecule has 14 heavy (non-hydrogen) atoms. The monoisotopic (exact) mass is 191 g/mol. The van der Waals surface area contributed by atoms with Gasteiger partial charge in [-0.25, -0.2) is 5.10 Å². The van der Waals surface area contributed by atoms with Crippen molar-refractivity contribution in [3.63, 3.8) is 0 Å². The van der Waals surface area contributed by atoms with Crippen LogP contribution in [0.3, 0.4) is 0 Å². The van der Waals surface area contributed by atoms with E-state index in [4.69, 9.17) is 5.73 Å². The molecule has 0 spiro atoms. The summed E-state index contributed by atoms with van der Waals surface area (Å²) in [5.41, 5.74) is 7.35. The van der Waals surface area contributed by atoms with Crippen molar-refractivity contribution in [2.75, 3.05) is 26.9 Å². The SMILES string of the molecule is C[N+](C)(C)c1[nH]nc2cc(N)ccc12. The van der Waals surface area contributed by atoms with E-state index in [0.29, 0.717) is 0 Å². The predicted octanol–water partition coefficient (Wildman–Crippen LogP) is 1.34. The summed E-state index contributed by atoms with van der Waals surface area (Å²) in [5.74, 6) is 1.10. The molecule has 0 saturated carbocycles. The lowest BCUT2D eigenvalue weighted by Crippen LogP contribution is -2.35. The summed E-state index contributed by atoms with van der Waals surface area (Å²) in [7, 11) is 6.30. The Morgan fingerprint density at radius 2 is 2.00 bits per heavy atom. The molecule has 2 rings (SSSR count). The standard InChI is InChI=1S/C10H15N4/c1-14(2,3)10-8-5-4-7(11)6-9(8)12-13-10/h4-6H,11H2,1-3H3,(H,12,13)/q+1. The van der Waals surface area contributed by atoms with E-state index >= 15 is 0 Å². The topological polar surface area (TPSA) is 54.7 Å². The van der Waals surface area contributed by atoms with Crippen LogP contribution >= 0.6 is 0 Å². The van der Waals surface area contributed by atoms with Crippen LogP contribution in [-0.2, 0) is 0 Å². The molecule has 0 radical (unpaired) electrons. The third-order valence-corrected chi connectivity index (χ3v) is 2.23. The zero-order chi connectivity index (χ0) is 10.3. The molecule has 1 aromatic heterocycles. The number of benzene rings is 1. The minimum Gasteiger partial charge on any atom is -0.399 e. The molecule has 1 heterocycles. The highest BCUT2D eigenvalue weighted by Gasteiger charge is 2.18. The first-order valence-electron chi connectivity index (χ1n) is 4.54. The van der Waals surface area contributed by atoms with Gasteiger partial charge in [0.05, 0.1) is 26.5 Å². The molecule has 0 aliphatic heterocycles. The lowest BCUT2D eigenvalue weighted by Gasteiger charge is -2.20. The number of quaternary nitrogens is 1. The van der Waals surface area contributed by atoms with E-state index in [1.54, 1.807) is 0 Å². The second-order valence-electron chi connectivity index (χ2n) is 4.36. The zero-order valence-corrected chi connectivity index (χ0v) is 8.70. The Morgan fingerprint density at radius 3 is 2.64 bits per heavy atom. The van der Waals surface area contributed by atoms with Gasteiger partial charge in [-0.3, -0.25) is 4.48 Å². The molecule has 74 valence electrons. The molecule has 0 saturated heterocycles. The van der Waals surface area contributed by atoms with E-state index in [1.165, 1.54) is 0 Å². The van der Waals surface area contributed by atoms with Gasteiger partial charge in [-0.2, -0.15) is 5.10 Å². The molecule has 4 heteroatoms. The molecule has 0 atom stereocenters. The Balaban J connectivity index is 2.70. The van der Waals surface area contributed by atoms with Crippen molar-refractivity contribution in [3.05, 3.63) is 18.2 Å². The highest BCUT2D eigenvalue weighted by atomic mass is 15.4. The fourth-order valence-corrected chi connectivity index (χ4v) is 1.53. The van der Waals surface area contributed by atoms with Gasteiger partial charge in [-0.15, -0.1) is 0 Å². The normalized spacial score (nSPS) is 12.2. The first-order chi connectivity index (χ1) is 6.48. The van der Waals surface area contributed by atoms with E-state index < -0.39 is 0 Å². The highest BCUT2D eigenvalue weighted by molar-refractivity contribution is 5.90. The van der Waals surface area contributed by atoms with E-state index in [-0.39, 0.29) is 0 Å². The second-order valence-corrected chi connectivity index (χ2v) is 4.36. The Morgan fingerprint density at radius 1 is 1.29 bits per heavy atom. The summed E-state index contributed by atoms with van der Waals surface area (Å²) in [6, 6.07) is 5.79. The van der Waals surface area contributed by atoms with Crippen molar-refractivity contribution in [1.82, 2.24) is 14.7 Å². The van der Waals surface area contributed by atoms with Gasteiger partial charge in [-0.05, 0) is 18.2 Å². The number of fused-ring (bicyclic) bond motifs is 1. The third kappa shape index (κ3) is 1.33. The zero-order valence-electron chi connectivity index (χ0n) is 8.70. The number of hydrogen-bond acceptors (Lipinski definition) is 2. The maximum absolute atomic E-state index is 5.68. The van der Waals surface area contributed by atoms with E-state index in [1.807, 2.05) is 18.2 Å². The number of nitrogen functional groups attached to an aromatic ring is 1. The molecule has 4 nitrogen and oxygen atoms in total. The highest BCUT2D eigenvalue weighted by Crippen LogP contribution is 2.26. The minimum absolute atomic E-state index is 0.723. The number of rotatable bonds is 1. The van der Waals surface area contributed by atoms with E-state index in [2.05, 4.69) is 31.3 Å². The molecule has 0 amide bonds. The second kappa shape index (κ2) is 2.72. The first-order valence-corrected chi connectivity index (χ1v) is 4.54. The Labute approximate surface area is 82.9 Å². The van der Waals surface area contributed by atoms with Crippen LogP contribution in [0.2, 0.25) is 0 Å². The smallest absolute Gasteiger partial charge is 0.230 e. The van der Waals surface area contributed by atoms with Crippen molar-refractivity contribution in [3.8, 4) is 0 Å². The van der Waals surface area contributed by atoms with Gasteiger partial charge < -0.3 is 5.73 Å². The predicted molar refractivity (Wildman–Crippen MR) is 60.1 cm³/mol. The summed E-state index contributed by atoms with van der Waals surface area (Å²) in [5, 5.41) is 8.40. The summed E-state index contributed by atoms with van der Waals surface area (Å²) in [4.78, 5) is 0. The van der Waals surface area contributed by atoms with Gasteiger partial charge in [0.2, 0.25) is 5.82 Å². The summed E-state index contributed by atoms with van der Waals surface area (Å²) >= 11 is 0. The van der Waals surface area contributed by atoms with Gasteiger partial charge in [0, 0.05) is 5.69 Å². The fourth-order valence-electron chi connectivity index (χ4n) is 1.53. The maximum atomic E-state index is 5.68. The molecule has 0 fully saturated rings. The quantitative estimate of drug-likeness (QED) is 0.528. The first kappa shape index (κ1) is 9.02. The van der Waals surface area contributed by atoms with Gasteiger partial charge in [0.1, 0.15) is 5.52 Å². The van der Waals surface area contributed by atoms with Crippen molar-refractivity contribution < 1.29 is 0 Å². The van der Waals surface area contributed by atoms with E-state index in [9.17, 15) is 0 Å². The summed E-state index contributed by atoms with van der Waals surface area (Å²) in [6.07, 6.45) is 0. The van der Waals surface area contributed by atoms with Crippen LogP contribution in [0.25, 0.3) is 10.9 Å². The number of aromatic amines is 1. The van der Waals surface area contributed by atoms with Crippen molar-refractivity contribution >= 4 is 22.4 Å². The van der Waals surface area contributed by atoms with E-state index in [0.717, 1.165) is 26.9 Å². The van der Waals surface area contributed by atoms with Crippen LogP contribution in [-0.4, -0.2) is 31.3 Å². The molecule has 3 N–H and O–H groups in total. The fraction of sp³-hybridized carbons (Fsp3) is 0.300. The summed E-state index contributed by atoms with van der Waals surface area (Å²) < 4.78 is 0.723. The molecule has 0 bridgehead atoms. The van der Waals surface area contributed by atoms with Crippen LogP contribution in [0, 0.1) is 0 Å². The Kier molecular flexibility index (Phi) is 1.75. The van der Waals surface area contributed by atoms with Crippen LogP contribution in [0.1, 0.15) is 0 Å². The third-order valence-electron chi connectivity index (χ3n) is 2.23. The average Bonchev–Trinajstić information content (AvgIpc) is 2.45. The Bertz CT molecular complexity index is 464. The number of nitrogens with one attached hydrogen (secondary N) is 1. The Hall–Kier alpha value is -1.55. The van der Waals surface area contributed by atoms with Gasteiger partial charge >= 0.3 is 0 Å². The van der Waals surface area contributed by atoms with Crippen LogP contribution in [0.5, 0.6) is 0 Å². The van der Waals surface area contributed by atoms with Gasteiger partial charge in [-0.1, -0.05) is 0 Å². The van der Waals surface area contributed by atoms with Crippen molar-refractivity contribution in [1.29, 1.82) is 0 Å². The molecule has 0 aliphatic rings. The maximum Gasteiger partial charge on any atom is 0.230 e. The lowest BCUT2D eigenvalue weighted by molar-refractivity contribution is 0.475. The molecule has 2 aromatic rings. The van der Waals surface area contributed by atoms with Gasteiger partial charge in [0.25, 0.3) is 0 Å². The number of nitrogens with two attached hydrogens (primary N) is 1. The summed E-state index contributed by atoms with van der Waals surface area (Å²) in [6.45, 7) is 0.